The van der Waals surface area contributed by atoms with E-state index in [1.807, 2.05) is 0 Å². The van der Waals surface area contributed by atoms with E-state index in [4.69, 9.17) is 39.5 Å². The molecule has 0 radical (unpaired) electrons. The lowest BCUT2D eigenvalue weighted by Crippen LogP contribution is -2.10. The third-order valence-electron chi connectivity index (χ3n) is 2.03. The first-order valence-electron chi connectivity index (χ1n) is 4.85. The van der Waals surface area contributed by atoms with E-state index in [0.29, 0.717) is 5.02 Å². The van der Waals surface area contributed by atoms with Crippen LogP contribution in [0, 0.1) is 0 Å². The smallest absolute Gasteiger partial charge is 0.362 e. The maximum absolute atomic E-state index is 11.8. The van der Waals surface area contributed by atoms with Gasteiger partial charge in [0, 0.05) is 11.2 Å². The van der Waals surface area contributed by atoms with E-state index < -0.39 is 5.97 Å². The maximum Gasteiger partial charge on any atom is 0.362 e. The van der Waals surface area contributed by atoms with E-state index in [-0.39, 0.29) is 21.5 Å². The van der Waals surface area contributed by atoms with Gasteiger partial charge in [-0.15, -0.1) is 0 Å². The Kier molecular flexibility index (Phi) is 4.07. The topological polar surface area (TPSA) is 39.2 Å². The fraction of sp³-hybridized carbons (Fsp3) is 0. The van der Waals surface area contributed by atoms with Crippen molar-refractivity contribution in [2.24, 2.45) is 0 Å². The molecule has 0 aliphatic heterocycles. The number of ether oxygens (including phenoxy) is 1. The molecule has 18 heavy (non-hydrogen) atoms. The standard InChI is InChI=1S/C12H6Cl3NO2/c13-7-5-8(14)11(9(15)6-7)18-12(17)10-3-1-2-4-16-10/h1-6H. The van der Waals surface area contributed by atoms with Gasteiger partial charge >= 0.3 is 5.97 Å². The summed E-state index contributed by atoms with van der Waals surface area (Å²) < 4.78 is 5.09. The normalized spacial score (nSPS) is 10.2. The average Bonchev–Trinajstić information content (AvgIpc) is 2.34. The van der Waals surface area contributed by atoms with Gasteiger partial charge in [-0.1, -0.05) is 40.9 Å². The minimum Gasteiger partial charge on any atom is -0.419 e. The van der Waals surface area contributed by atoms with Gasteiger partial charge in [0.1, 0.15) is 5.69 Å². The summed E-state index contributed by atoms with van der Waals surface area (Å²) in [6.07, 6.45) is 1.49. The molecule has 0 saturated heterocycles. The van der Waals surface area contributed by atoms with Crippen LogP contribution in [0.25, 0.3) is 0 Å². The molecule has 1 heterocycles. The van der Waals surface area contributed by atoms with Crippen LogP contribution in [0.2, 0.25) is 15.1 Å². The van der Waals surface area contributed by atoms with Crippen LogP contribution in [-0.4, -0.2) is 11.0 Å². The summed E-state index contributed by atoms with van der Waals surface area (Å²) in [7, 11) is 0. The highest BCUT2D eigenvalue weighted by Gasteiger charge is 2.15. The molecule has 0 fully saturated rings. The van der Waals surface area contributed by atoms with Crippen molar-refractivity contribution in [1.82, 2.24) is 4.98 Å². The molecule has 0 atom stereocenters. The number of hydrogen-bond acceptors (Lipinski definition) is 3. The first-order valence-corrected chi connectivity index (χ1v) is 5.99. The van der Waals surface area contributed by atoms with Gasteiger partial charge in [0.25, 0.3) is 0 Å². The van der Waals surface area contributed by atoms with E-state index in [2.05, 4.69) is 4.98 Å². The zero-order chi connectivity index (χ0) is 13.1. The van der Waals surface area contributed by atoms with Crippen molar-refractivity contribution in [3.8, 4) is 5.75 Å². The SMILES string of the molecule is O=C(Oc1c(Cl)cc(Cl)cc1Cl)c1ccccn1. The van der Waals surface area contributed by atoms with E-state index in [9.17, 15) is 4.79 Å². The Balaban J connectivity index is 2.28. The summed E-state index contributed by atoms with van der Waals surface area (Å²) in [5.74, 6) is -0.569. The highest BCUT2D eigenvalue weighted by Crippen LogP contribution is 2.36. The molecule has 0 unspecified atom stereocenters. The number of hydrogen-bond donors (Lipinski definition) is 0. The molecule has 0 bridgehead atoms. The lowest BCUT2D eigenvalue weighted by molar-refractivity contribution is 0.0729. The lowest BCUT2D eigenvalue weighted by atomic mass is 10.3. The molecule has 0 N–H and O–H groups in total. The summed E-state index contributed by atoms with van der Waals surface area (Å²) in [4.78, 5) is 15.6. The molecule has 0 aliphatic rings. The van der Waals surface area contributed by atoms with E-state index in [0.717, 1.165) is 0 Å². The molecule has 3 nitrogen and oxygen atoms in total. The molecule has 92 valence electrons. The predicted molar refractivity (Wildman–Crippen MR) is 70.7 cm³/mol. The molecular weight excluding hydrogens is 296 g/mol. The van der Waals surface area contributed by atoms with Crippen molar-refractivity contribution in [2.45, 2.75) is 0 Å². The highest BCUT2D eigenvalue weighted by atomic mass is 35.5. The summed E-state index contributed by atoms with van der Waals surface area (Å²) >= 11 is 17.6. The molecule has 1 aromatic heterocycles. The van der Waals surface area contributed by atoms with Crippen LogP contribution in [0.15, 0.2) is 36.5 Å². The third-order valence-corrected chi connectivity index (χ3v) is 2.81. The van der Waals surface area contributed by atoms with Crippen LogP contribution in [0.4, 0.5) is 0 Å². The number of carbonyl (C=O) groups is 1. The Morgan fingerprint density at radius 1 is 1.11 bits per heavy atom. The van der Waals surface area contributed by atoms with Crippen LogP contribution >= 0.6 is 34.8 Å². The molecule has 0 aliphatic carbocycles. The first-order chi connectivity index (χ1) is 8.58. The van der Waals surface area contributed by atoms with Crippen LogP contribution in [0.3, 0.4) is 0 Å². The number of benzene rings is 1. The van der Waals surface area contributed by atoms with E-state index >= 15 is 0 Å². The zero-order valence-corrected chi connectivity index (χ0v) is 11.1. The van der Waals surface area contributed by atoms with Crippen molar-refractivity contribution >= 4 is 40.8 Å². The third kappa shape index (κ3) is 2.93. The van der Waals surface area contributed by atoms with Gasteiger partial charge in [-0.3, -0.25) is 0 Å². The molecular formula is C12H6Cl3NO2. The fourth-order valence-electron chi connectivity index (χ4n) is 1.25. The number of carbonyl (C=O) groups excluding carboxylic acids is 1. The minimum atomic E-state index is -0.637. The Bertz CT molecular complexity index is 564. The number of aromatic nitrogens is 1. The first kappa shape index (κ1) is 13.1. The van der Waals surface area contributed by atoms with Crippen molar-refractivity contribution in [3.63, 3.8) is 0 Å². The molecule has 0 spiro atoms. The average molecular weight is 303 g/mol. The molecule has 1 aromatic carbocycles. The van der Waals surface area contributed by atoms with Gasteiger partial charge in [0.15, 0.2) is 5.75 Å². The lowest BCUT2D eigenvalue weighted by Gasteiger charge is -2.08. The molecule has 2 aromatic rings. The second kappa shape index (κ2) is 5.57. The van der Waals surface area contributed by atoms with Crippen LogP contribution < -0.4 is 4.74 Å². The van der Waals surface area contributed by atoms with Gasteiger partial charge in [-0.25, -0.2) is 9.78 Å². The predicted octanol–water partition coefficient (Wildman–Crippen LogP) is 4.26. The Morgan fingerprint density at radius 2 is 1.78 bits per heavy atom. The van der Waals surface area contributed by atoms with E-state index in [1.165, 1.54) is 24.4 Å². The monoisotopic (exact) mass is 301 g/mol. The van der Waals surface area contributed by atoms with Gasteiger partial charge in [-0.2, -0.15) is 0 Å². The molecule has 0 saturated carbocycles. The number of halogens is 3. The summed E-state index contributed by atoms with van der Waals surface area (Å²) in [5.41, 5.74) is 0.166. The van der Waals surface area contributed by atoms with Crippen molar-refractivity contribution < 1.29 is 9.53 Å². The quantitative estimate of drug-likeness (QED) is 0.614. The summed E-state index contributed by atoms with van der Waals surface area (Å²) in [6.45, 7) is 0. The second-order valence-corrected chi connectivity index (χ2v) is 4.55. The van der Waals surface area contributed by atoms with Crippen molar-refractivity contribution in [2.75, 3.05) is 0 Å². The molecule has 2 rings (SSSR count). The molecule has 0 amide bonds. The Labute approximate surface area is 118 Å². The second-order valence-electron chi connectivity index (χ2n) is 3.30. The highest BCUT2D eigenvalue weighted by molar-refractivity contribution is 6.40. The number of nitrogens with zero attached hydrogens (tertiary/aromatic N) is 1. The summed E-state index contributed by atoms with van der Waals surface area (Å²) in [5, 5.41) is 0.691. The van der Waals surface area contributed by atoms with Gasteiger partial charge in [0.2, 0.25) is 0 Å². The number of esters is 1. The van der Waals surface area contributed by atoms with Gasteiger partial charge < -0.3 is 4.74 Å². The van der Waals surface area contributed by atoms with Crippen LogP contribution in [-0.2, 0) is 0 Å². The van der Waals surface area contributed by atoms with E-state index in [1.54, 1.807) is 12.1 Å². The number of pyridine rings is 1. The van der Waals surface area contributed by atoms with Gasteiger partial charge in [0.05, 0.1) is 10.0 Å². The Morgan fingerprint density at radius 3 is 2.33 bits per heavy atom. The largest absolute Gasteiger partial charge is 0.419 e. The maximum atomic E-state index is 11.8. The fourth-order valence-corrected chi connectivity index (χ4v) is 2.15. The zero-order valence-electron chi connectivity index (χ0n) is 8.86. The Hall–Kier alpha value is -1.29. The van der Waals surface area contributed by atoms with Crippen molar-refractivity contribution in [1.29, 1.82) is 0 Å². The summed E-state index contributed by atoms with van der Waals surface area (Å²) in [6, 6.07) is 7.78. The molecule has 6 heteroatoms. The van der Waals surface area contributed by atoms with Crippen LogP contribution in [0.5, 0.6) is 5.75 Å². The minimum absolute atomic E-state index is 0.0680. The van der Waals surface area contributed by atoms with Crippen LogP contribution in [0.1, 0.15) is 10.5 Å². The number of rotatable bonds is 2. The van der Waals surface area contributed by atoms with Gasteiger partial charge in [-0.05, 0) is 24.3 Å². The van der Waals surface area contributed by atoms with Crippen molar-refractivity contribution in [3.05, 3.63) is 57.3 Å².